The van der Waals surface area contributed by atoms with Crippen molar-refractivity contribution in [3.8, 4) is 0 Å². The quantitative estimate of drug-likeness (QED) is 0.775. The number of benzene rings is 2. The third-order valence-corrected chi connectivity index (χ3v) is 5.24. The highest BCUT2D eigenvalue weighted by Gasteiger charge is 2.22. The average molecular weight is 411 g/mol. The van der Waals surface area contributed by atoms with Crippen molar-refractivity contribution in [1.82, 2.24) is 4.90 Å². The van der Waals surface area contributed by atoms with Crippen LogP contribution < -0.4 is 0 Å². The van der Waals surface area contributed by atoms with E-state index in [1.54, 1.807) is 0 Å². The number of nitrogens with zero attached hydrogens (tertiary/aromatic N) is 1. The van der Waals surface area contributed by atoms with Crippen LogP contribution in [0.2, 0.25) is 0 Å². The Morgan fingerprint density at radius 1 is 1.00 bits per heavy atom. The SMILES string of the molecule is Cl.OC(Cc1ccc(Br)cc1)CN1CCC(c2ccccc2)CC1. The van der Waals surface area contributed by atoms with Gasteiger partial charge in [-0.25, -0.2) is 0 Å². The van der Waals surface area contributed by atoms with Crippen LogP contribution in [0, 0.1) is 0 Å². The topological polar surface area (TPSA) is 23.5 Å². The van der Waals surface area contributed by atoms with Crippen molar-refractivity contribution in [3.63, 3.8) is 0 Å². The molecule has 2 aromatic carbocycles. The van der Waals surface area contributed by atoms with Crippen LogP contribution in [0.1, 0.15) is 29.9 Å². The first-order valence-electron chi connectivity index (χ1n) is 8.40. The Labute approximate surface area is 159 Å². The fraction of sp³-hybridized carbons (Fsp3) is 0.400. The van der Waals surface area contributed by atoms with Crippen molar-refractivity contribution in [2.75, 3.05) is 19.6 Å². The Hall–Kier alpha value is -0.870. The molecule has 1 heterocycles. The van der Waals surface area contributed by atoms with Gasteiger partial charge in [-0.05, 0) is 61.5 Å². The number of hydrogen-bond acceptors (Lipinski definition) is 2. The highest BCUT2D eigenvalue weighted by Crippen LogP contribution is 2.27. The zero-order valence-electron chi connectivity index (χ0n) is 13.8. The summed E-state index contributed by atoms with van der Waals surface area (Å²) < 4.78 is 1.08. The summed E-state index contributed by atoms with van der Waals surface area (Å²) in [5.74, 6) is 0.677. The second kappa shape index (κ2) is 9.57. The summed E-state index contributed by atoms with van der Waals surface area (Å²) >= 11 is 3.45. The van der Waals surface area contributed by atoms with E-state index in [9.17, 15) is 5.11 Å². The van der Waals surface area contributed by atoms with Gasteiger partial charge in [0.05, 0.1) is 6.10 Å². The van der Waals surface area contributed by atoms with Crippen molar-refractivity contribution >= 4 is 28.3 Å². The molecule has 1 unspecified atom stereocenters. The Balaban J connectivity index is 0.00000208. The molecule has 3 rings (SSSR count). The second-order valence-corrected chi connectivity index (χ2v) is 7.39. The van der Waals surface area contributed by atoms with Crippen LogP contribution in [0.3, 0.4) is 0 Å². The van der Waals surface area contributed by atoms with E-state index < -0.39 is 0 Å². The third-order valence-electron chi connectivity index (χ3n) is 4.71. The van der Waals surface area contributed by atoms with Crippen molar-refractivity contribution in [2.24, 2.45) is 0 Å². The predicted molar refractivity (Wildman–Crippen MR) is 106 cm³/mol. The molecule has 4 heteroatoms. The lowest BCUT2D eigenvalue weighted by Gasteiger charge is -2.33. The van der Waals surface area contributed by atoms with Crippen molar-refractivity contribution < 1.29 is 5.11 Å². The van der Waals surface area contributed by atoms with Crippen LogP contribution in [0.5, 0.6) is 0 Å². The minimum absolute atomic E-state index is 0. The van der Waals surface area contributed by atoms with Crippen LogP contribution in [0.15, 0.2) is 59.1 Å². The van der Waals surface area contributed by atoms with E-state index in [0.717, 1.165) is 30.5 Å². The highest BCUT2D eigenvalue weighted by molar-refractivity contribution is 9.10. The highest BCUT2D eigenvalue weighted by atomic mass is 79.9. The molecule has 1 N–H and O–H groups in total. The van der Waals surface area contributed by atoms with Crippen LogP contribution in [-0.4, -0.2) is 35.7 Å². The molecular weight excluding hydrogens is 386 g/mol. The largest absolute Gasteiger partial charge is 0.391 e. The van der Waals surface area contributed by atoms with Gasteiger partial charge < -0.3 is 10.0 Å². The maximum absolute atomic E-state index is 10.4. The molecule has 0 radical (unpaired) electrons. The van der Waals surface area contributed by atoms with Gasteiger partial charge >= 0.3 is 0 Å². The zero-order valence-corrected chi connectivity index (χ0v) is 16.2. The minimum atomic E-state index is -0.288. The summed E-state index contributed by atoms with van der Waals surface area (Å²) in [5.41, 5.74) is 2.66. The van der Waals surface area contributed by atoms with E-state index >= 15 is 0 Å². The fourth-order valence-electron chi connectivity index (χ4n) is 3.43. The fourth-order valence-corrected chi connectivity index (χ4v) is 3.69. The van der Waals surface area contributed by atoms with E-state index in [1.165, 1.54) is 24.0 Å². The number of aliphatic hydroxyl groups is 1. The molecule has 2 nitrogen and oxygen atoms in total. The molecule has 1 aliphatic heterocycles. The summed E-state index contributed by atoms with van der Waals surface area (Å²) in [5, 5.41) is 10.4. The molecule has 130 valence electrons. The molecule has 0 spiro atoms. The molecule has 24 heavy (non-hydrogen) atoms. The van der Waals surface area contributed by atoms with E-state index in [4.69, 9.17) is 0 Å². The number of β-amino-alcohol motifs (C(OH)–C–C–N with tert-alkyl or cyclic N) is 1. The second-order valence-electron chi connectivity index (χ2n) is 6.47. The maximum Gasteiger partial charge on any atom is 0.0707 e. The van der Waals surface area contributed by atoms with Crippen LogP contribution >= 0.6 is 28.3 Å². The maximum atomic E-state index is 10.4. The number of piperidine rings is 1. The first-order valence-corrected chi connectivity index (χ1v) is 9.20. The van der Waals surface area contributed by atoms with Gasteiger partial charge in [0.2, 0.25) is 0 Å². The summed E-state index contributed by atoms with van der Waals surface area (Å²) in [6.45, 7) is 2.94. The lowest BCUT2D eigenvalue weighted by molar-refractivity contribution is 0.0972. The minimum Gasteiger partial charge on any atom is -0.391 e. The Morgan fingerprint density at radius 3 is 2.25 bits per heavy atom. The van der Waals surface area contributed by atoms with Gasteiger partial charge in [-0.3, -0.25) is 0 Å². The van der Waals surface area contributed by atoms with Crippen LogP contribution in [0.25, 0.3) is 0 Å². The molecular formula is C20H25BrClNO. The summed E-state index contributed by atoms with van der Waals surface area (Å²) in [4.78, 5) is 2.41. The molecule has 1 fully saturated rings. The lowest BCUT2D eigenvalue weighted by Crippen LogP contribution is -2.39. The molecule has 1 atom stereocenters. The van der Waals surface area contributed by atoms with Crippen molar-refractivity contribution in [1.29, 1.82) is 0 Å². The van der Waals surface area contributed by atoms with Crippen molar-refractivity contribution in [2.45, 2.75) is 31.3 Å². The molecule has 2 aromatic rings. The molecule has 1 saturated heterocycles. The summed E-state index contributed by atoms with van der Waals surface area (Å²) in [6.07, 6.45) is 2.82. The van der Waals surface area contributed by atoms with Crippen LogP contribution in [-0.2, 0) is 6.42 Å². The number of likely N-dealkylation sites (tertiary alicyclic amines) is 1. The first-order chi connectivity index (χ1) is 11.2. The van der Waals surface area contributed by atoms with E-state index in [2.05, 4.69) is 63.3 Å². The average Bonchev–Trinajstić information content (AvgIpc) is 2.58. The van der Waals surface area contributed by atoms with Crippen molar-refractivity contribution in [3.05, 3.63) is 70.2 Å². The molecule has 0 aliphatic carbocycles. The van der Waals surface area contributed by atoms with Gasteiger partial charge in [-0.2, -0.15) is 0 Å². The van der Waals surface area contributed by atoms with Crippen LogP contribution in [0.4, 0.5) is 0 Å². The molecule has 0 aromatic heterocycles. The summed E-state index contributed by atoms with van der Waals surface area (Å²) in [6, 6.07) is 19.0. The van der Waals surface area contributed by atoms with Gasteiger partial charge in [0.15, 0.2) is 0 Å². The normalized spacial score (nSPS) is 17.2. The smallest absolute Gasteiger partial charge is 0.0707 e. The van der Waals surface area contributed by atoms with Gasteiger partial charge in [0.25, 0.3) is 0 Å². The van der Waals surface area contributed by atoms with Gasteiger partial charge in [0, 0.05) is 11.0 Å². The van der Waals surface area contributed by atoms with E-state index in [-0.39, 0.29) is 18.5 Å². The van der Waals surface area contributed by atoms with Gasteiger partial charge in [-0.15, -0.1) is 12.4 Å². The number of rotatable bonds is 5. The van der Waals surface area contributed by atoms with Gasteiger partial charge in [0.1, 0.15) is 0 Å². The van der Waals surface area contributed by atoms with E-state index in [1.807, 2.05) is 12.1 Å². The Kier molecular flexibility index (Phi) is 7.76. The predicted octanol–water partition coefficient (Wildman–Crippen LogP) is 4.65. The first kappa shape index (κ1) is 19.5. The molecule has 1 aliphatic rings. The number of hydrogen-bond donors (Lipinski definition) is 1. The molecule has 0 amide bonds. The monoisotopic (exact) mass is 409 g/mol. The number of halogens is 2. The zero-order chi connectivity index (χ0) is 16.1. The lowest BCUT2D eigenvalue weighted by atomic mass is 9.89. The van der Waals surface area contributed by atoms with E-state index in [0.29, 0.717) is 5.92 Å². The van der Waals surface area contributed by atoms with Gasteiger partial charge in [-0.1, -0.05) is 58.4 Å². The Bertz CT molecular complexity index is 597. The molecule has 0 bridgehead atoms. The third kappa shape index (κ3) is 5.59. The summed E-state index contributed by atoms with van der Waals surface area (Å²) in [7, 11) is 0. The Morgan fingerprint density at radius 2 is 1.62 bits per heavy atom. The molecule has 0 saturated carbocycles. The number of aliphatic hydroxyl groups excluding tert-OH is 1. The standard InChI is InChI=1S/C20H24BrNO.ClH/c21-19-8-6-16(7-9-19)14-20(23)15-22-12-10-18(11-13-22)17-4-2-1-3-5-17;/h1-9,18,20,23H,10-15H2;1H.